The summed E-state index contributed by atoms with van der Waals surface area (Å²) < 4.78 is 5.97. The van der Waals surface area contributed by atoms with Gasteiger partial charge in [0.1, 0.15) is 0 Å². The van der Waals surface area contributed by atoms with Crippen molar-refractivity contribution in [3.8, 4) is 0 Å². The number of rotatable bonds is 2. The molecule has 2 rings (SSSR count). The first-order valence-electron chi connectivity index (χ1n) is 4.64. The van der Waals surface area contributed by atoms with Gasteiger partial charge >= 0.3 is 0 Å². The Morgan fingerprint density at radius 3 is 3.29 bits per heavy atom. The van der Waals surface area contributed by atoms with E-state index in [0.29, 0.717) is 11.4 Å². The van der Waals surface area contributed by atoms with E-state index in [1.807, 2.05) is 7.05 Å². The molecule has 1 aromatic rings. The van der Waals surface area contributed by atoms with Crippen LogP contribution in [0.25, 0.3) is 0 Å². The first-order chi connectivity index (χ1) is 6.81. The maximum Gasteiger partial charge on any atom is 0.197 e. The molecule has 0 unspecified atom stereocenters. The van der Waals surface area contributed by atoms with Crippen molar-refractivity contribution in [3.05, 3.63) is 21.7 Å². The molecule has 0 aliphatic carbocycles. The van der Waals surface area contributed by atoms with E-state index in [1.165, 1.54) is 11.3 Å². The van der Waals surface area contributed by atoms with Gasteiger partial charge in [-0.15, -0.1) is 0 Å². The molecular weight excluding hydrogens is 198 g/mol. The van der Waals surface area contributed by atoms with Crippen LogP contribution < -0.4 is 5.32 Å². The van der Waals surface area contributed by atoms with Crippen LogP contribution in [0, 0.1) is 4.77 Å². The largest absolute Gasteiger partial charge is 0.376 e. The van der Waals surface area contributed by atoms with Crippen molar-refractivity contribution < 1.29 is 4.74 Å². The fourth-order valence-electron chi connectivity index (χ4n) is 1.64. The third-order valence-corrected chi connectivity index (χ3v) is 2.49. The highest BCUT2D eigenvalue weighted by Crippen LogP contribution is 2.17. The lowest BCUT2D eigenvalue weighted by atomic mass is 10.1. The van der Waals surface area contributed by atoms with E-state index in [9.17, 15) is 0 Å². The summed E-state index contributed by atoms with van der Waals surface area (Å²) >= 11 is 5.06. The molecule has 0 radical (unpaired) electrons. The Labute approximate surface area is 87.7 Å². The van der Waals surface area contributed by atoms with Gasteiger partial charge in [0.05, 0.1) is 18.9 Å². The molecule has 1 aromatic heterocycles. The number of aromatic amines is 1. The zero-order valence-corrected chi connectivity index (χ0v) is 8.91. The van der Waals surface area contributed by atoms with Crippen LogP contribution in [-0.4, -0.2) is 23.6 Å². The molecule has 5 heteroatoms. The van der Waals surface area contributed by atoms with Crippen LogP contribution in [0.2, 0.25) is 0 Å². The number of H-pyrrole nitrogens is 1. The zero-order chi connectivity index (χ0) is 9.97. The molecule has 1 aliphatic rings. The maximum absolute atomic E-state index is 5.40. The predicted octanol–water partition coefficient (Wildman–Crippen LogP) is 0.931. The Morgan fingerprint density at radius 2 is 2.50 bits per heavy atom. The van der Waals surface area contributed by atoms with Crippen LogP contribution in [-0.2, 0) is 24.3 Å². The molecule has 1 aliphatic heterocycles. The SMILES string of the molecule is CNCc1nc(=S)[nH]c2c1COCC2. The molecule has 2 heterocycles. The molecule has 0 saturated carbocycles. The van der Waals surface area contributed by atoms with Gasteiger partial charge in [0.25, 0.3) is 0 Å². The first kappa shape index (κ1) is 9.76. The third-order valence-electron chi connectivity index (χ3n) is 2.29. The predicted molar refractivity (Wildman–Crippen MR) is 55.5 cm³/mol. The molecule has 76 valence electrons. The molecule has 0 bridgehead atoms. The Hall–Kier alpha value is -0.780. The summed E-state index contributed by atoms with van der Waals surface area (Å²) in [6.45, 7) is 2.15. The summed E-state index contributed by atoms with van der Waals surface area (Å²) in [5, 5.41) is 3.08. The van der Waals surface area contributed by atoms with E-state index in [2.05, 4.69) is 15.3 Å². The van der Waals surface area contributed by atoms with E-state index >= 15 is 0 Å². The van der Waals surface area contributed by atoms with Crippen molar-refractivity contribution >= 4 is 12.2 Å². The number of ether oxygens (including phenoxy) is 1. The van der Waals surface area contributed by atoms with Crippen LogP contribution in [0.1, 0.15) is 17.0 Å². The maximum atomic E-state index is 5.40. The first-order valence-corrected chi connectivity index (χ1v) is 5.05. The number of hydrogen-bond donors (Lipinski definition) is 2. The normalized spacial score (nSPS) is 15.2. The molecule has 0 saturated heterocycles. The lowest BCUT2D eigenvalue weighted by Crippen LogP contribution is -2.18. The number of nitrogens with one attached hydrogen (secondary N) is 2. The average Bonchev–Trinajstić information content (AvgIpc) is 2.18. The summed E-state index contributed by atoms with van der Waals surface area (Å²) in [4.78, 5) is 7.42. The van der Waals surface area contributed by atoms with Crippen LogP contribution in [0.4, 0.5) is 0 Å². The molecule has 0 atom stereocenters. The molecule has 0 aromatic carbocycles. The van der Waals surface area contributed by atoms with Gasteiger partial charge in [-0.05, 0) is 19.3 Å². The Morgan fingerprint density at radius 1 is 1.64 bits per heavy atom. The van der Waals surface area contributed by atoms with Crippen LogP contribution in [0.15, 0.2) is 0 Å². The van der Waals surface area contributed by atoms with E-state index in [0.717, 1.165) is 25.3 Å². The Bertz CT molecular complexity index is 388. The minimum atomic E-state index is 0.566. The Kier molecular flexibility index (Phi) is 2.90. The van der Waals surface area contributed by atoms with Crippen LogP contribution in [0.5, 0.6) is 0 Å². The Balaban J connectivity index is 2.47. The smallest absolute Gasteiger partial charge is 0.197 e. The van der Waals surface area contributed by atoms with Crippen molar-refractivity contribution in [1.82, 2.24) is 15.3 Å². The summed E-state index contributed by atoms with van der Waals surface area (Å²) in [5.74, 6) is 0. The van der Waals surface area contributed by atoms with Gasteiger partial charge < -0.3 is 15.0 Å². The zero-order valence-electron chi connectivity index (χ0n) is 8.09. The van der Waals surface area contributed by atoms with Gasteiger partial charge in [-0.1, -0.05) is 0 Å². The number of nitrogens with zero attached hydrogens (tertiary/aromatic N) is 1. The van der Waals surface area contributed by atoms with Crippen molar-refractivity contribution in [2.75, 3.05) is 13.7 Å². The van der Waals surface area contributed by atoms with Gasteiger partial charge in [0.15, 0.2) is 4.77 Å². The summed E-state index contributed by atoms with van der Waals surface area (Å²) in [5.41, 5.74) is 3.35. The highest BCUT2D eigenvalue weighted by atomic mass is 32.1. The number of fused-ring (bicyclic) bond motifs is 1. The monoisotopic (exact) mass is 211 g/mol. The number of aromatic nitrogens is 2. The quantitative estimate of drug-likeness (QED) is 0.715. The van der Waals surface area contributed by atoms with Crippen molar-refractivity contribution in [2.24, 2.45) is 0 Å². The highest BCUT2D eigenvalue weighted by molar-refractivity contribution is 7.71. The summed E-state index contributed by atoms with van der Waals surface area (Å²) in [7, 11) is 1.90. The minimum absolute atomic E-state index is 0.566. The van der Waals surface area contributed by atoms with Gasteiger partial charge in [0.2, 0.25) is 0 Å². The standard InChI is InChI=1S/C9H13N3OS/c1-10-4-8-6-5-13-3-2-7(6)11-9(14)12-8/h10H,2-5H2,1H3,(H,11,12,14). The van der Waals surface area contributed by atoms with Gasteiger partial charge in [-0.25, -0.2) is 4.98 Å². The molecule has 0 spiro atoms. The van der Waals surface area contributed by atoms with Crippen molar-refractivity contribution in [3.63, 3.8) is 0 Å². The highest BCUT2D eigenvalue weighted by Gasteiger charge is 2.14. The van der Waals surface area contributed by atoms with E-state index in [4.69, 9.17) is 17.0 Å². The van der Waals surface area contributed by atoms with Crippen molar-refractivity contribution in [2.45, 2.75) is 19.6 Å². The molecule has 4 nitrogen and oxygen atoms in total. The lowest BCUT2D eigenvalue weighted by molar-refractivity contribution is 0.108. The third kappa shape index (κ3) is 1.84. The molecule has 2 N–H and O–H groups in total. The fraction of sp³-hybridized carbons (Fsp3) is 0.556. The van der Waals surface area contributed by atoms with Crippen molar-refractivity contribution in [1.29, 1.82) is 0 Å². The molecule has 14 heavy (non-hydrogen) atoms. The van der Waals surface area contributed by atoms with E-state index in [-0.39, 0.29) is 0 Å². The topological polar surface area (TPSA) is 49.9 Å². The summed E-state index contributed by atoms with van der Waals surface area (Å²) in [6, 6.07) is 0. The second-order valence-corrected chi connectivity index (χ2v) is 3.67. The second kappa shape index (κ2) is 4.16. The lowest BCUT2D eigenvalue weighted by Gasteiger charge is -2.18. The van der Waals surface area contributed by atoms with Gasteiger partial charge in [0, 0.05) is 24.2 Å². The number of hydrogen-bond acceptors (Lipinski definition) is 4. The summed E-state index contributed by atoms with van der Waals surface area (Å²) in [6.07, 6.45) is 0.901. The average molecular weight is 211 g/mol. The molecule has 0 fully saturated rings. The van der Waals surface area contributed by atoms with Gasteiger partial charge in [-0.3, -0.25) is 0 Å². The van der Waals surface area contributed by atoms with E-state index in [1.54, 1.807) is 0 Å². The fourth-order valence-corrected chi connectivity index (χ4v) is 1.88. The van der Waals surface area contributed by atoms with Crippen LogP contribution in [0.3, 0.4) is 0 Å². The van der Waals surface area contributed by atoms with Gasteiger partial charge in [-0.2, -0.15) is 0 Å². The molecule has 0 amide bonds. The molecular formula is C9H13N3OS. The second-order valence-electron chi connectivity index (χ2n) is 3.28. The van der Waals surface area contributed by atoms with Crippen LogP contribution >= 0.6 is 12.2 Å². The minimum Gasteiger partial charge on any atom is -0.376 e. The van der Waals surface area contributed by atoms with E-state index < -0.39 is 0 Å².